The first-order chi connectivity index (χ1) is 8.40. The van der Waals surface area contributed by atoms with Gasteiger partial charge in [-0.1, -0.05) is 18.2 Å². The number of nitrogens with zero attached hydrogens (tertiary/aromatic N) is 1. The minimum absolute atomic E-state index is 0.625. The molecular weight excluding hydrogens is 228 g/mol. The van der Waals surface area contributed by atoms with Gasteiger partial charge in [0.2, 0.25) is 0 Å². The summed E-state index contributed by atoms with van der Waals surface area (Å²) in [4.78, 5) is 4.09. The molecule has 0 amide bonds. The predicted octanol–water partition coefficient (Wildman–Crippen LogP) is 3.44. The van der Waals surface area contributed by atoms with Gasteiger partial charge in [-0.2, -0.15) is 0 Å². The summed E-state index contributed by atoms with van der Waals surface area (Å²) in [6.07, 6.45) is 5.21. The van der Waals surface area contributed by atoms with Crippen molar-refractivity contribution >= 4 is 17.4 Å². The van der Waals surface area contributed by atoms with E-state index in [0.29, 0.717) is 6.54 Å². The van der Waals surface area contributed by atoms with E-state index in [0.717, 1.165) is 5.88 Å². The van der Waals surface area contributed by atoms with Gasteiger partial charge in [0.15, 0.2) is 0 Å². The van der Waals surface area contributed by atoms with Crippen molar-refractivity contribution in [1.82, 2.24) is 0 Å². The van der Waals surface area contributed by atoms with Crippen molar-refractivity contribution in [2.75, 3.05) is 10.8 Å². The molecule has 0 bridgehead atoms. The SMILES string of the molecule is NCc1ccccc1N1CSC2=C1CCCC2. The highest BCUT2D eigenvalue weighted by atomic mass is 32.2. The summed E-state index contributed by atoms with van der Waals surface area (Å²) in [6, 6.07) is 8.53. The van der Waals surface area contributed by atoms with E-state index in [-0.39, 0.29) is 0 Å². The fourth-order valence-corrected chi connectivity index (χ4v) is 3.93. The van der Waals surface area contributed by atoms with Gasteiger partial charge in [-0.25, -0.2) is 0 Å². The van der Waals surface area contributed by atoms with Crippen LogP contribution in [0.25, 0.3) is 0 Å². The van der Waals surface area contributed by atoms with Gasteiger partial charge in [-0.05, 0) is 37.3 Å². The Hall–Kier alpha value is -0.930. The summed E-state index contributed by atoms with van der Waals surface area (Å²) < 4.78 is 0. The summed E-state index contributed by atoms with van der Waals surface area (Å²) in [5, 5.41) is 0. The molecule has 1 aliphatic carbocycles. The number of benzene rings is 1. The van der Waals surface area contributed by atoms with Crippen molar-refractivity contribution in [3.8, 4) is 0 Å². The van der Waals surface area contributed by atoms with Crippen LogP contribution in [-0.4, -0.2) is 5.88 Å². The number of thioether (sulfide) groups is 1. The van der Waals surface area contributed by atoms with E-state index in [2.05, 4.69) is 29.2 Å². The van der Waals surface area contributed by atoms with E-state index in [4.69, 9.17) is 5.73 Å². The van der Waals surface area contributed by atoms with Crippen LogP contribution in [0.15, 0.2) is 34.9 Å². The van der Waals surface area contributed by atoms with Crippen LogP contribution < -0.4 is 10.6 Å². The van der Waals surface area contributed by atoms with Gasteiger partial charge in [-0.15, -0.1) is 11.8 Å². The molecule has 2 aliphatic rings. The van der Waals surface area contributed by atoms with Gasteiger partial charge >= 0.3 is 0 Å². The number of hydrogen-bond acceptors (Lipinski definition) is 3. The van der Waals surface area contributed by atoms with Gasteiger partial charge in [0.05, 0.1) is 5.88 Å². The first kappa shape index (κ1) is 11.2. The molecule has 0 saturated heterocycles. The predicted molar refractivity (Wildman–Crippen MR) is 74.8 cm³/mol. The Morgan fingerprint density at radius 2 is 2.00 bits per heavy atom. The average Bonchev–Trinajstić information content (AvgIpc) is 2.82. The van der Waals surface area contributed by atoms with Crippen LogP contribution in [0.4, 0.5) is 5.69 Å². The van der Waals surface area contributed by atoms with Crippen LogP contribution in [-0.2, 0) is 6.54 Å². The first-order valence-electron chi connectivity index (χ1n) is 6.30. The molecule has 0 radical (unpaired) electrons. The second kappa shape index (κ2) is 4.75. The molecule has 17 heavy (non-hydrogen) atoms. The molecule has 2 nitrogen and oxygen atoms in total. The number of para-hydroxylation sites is 1. The van der Waals surface area contributed by atoms with Crippen molar-refractivity contribution in [1.29, 1.82) is 0 Å². The Morgan fingerprint density at radius 1 is 1.18 bits per heavy atom. The number of nitrogens with two attached hydrogens (primary N) is 1. The van der Waals surface area contributed by atoms with E-state index in [1.54, 1.807) is 10.6 Å². The lowest BCUT2D eigenvalue weighted by molar-refractivity contribution is 0.683. The molecule has 2 N–H and O–H groups in total. The van der Waals surface area contributed by atoms with Crippen molar-refractivity contribution in [3.63, 3.8) is 0 Å². The standard InChI is InChI=1S/C14H18N2S/c15-9-11-5-1-2-6-12(11)16-10-17-14-8-4-3-7-13(14)16/h1-2,5-6H,3-4,7-10,15H2. The van der Waals surface area contributed by atoms with Crippen molar-refractivity contribution < 1.29 is 0 Å². The highest BCUT2D eigenvalue weighted by Gasteiger charge is 2.27. The number of allylic oxidation sites excluding steroid dienone is 2. The zero-order chi connectivity index (χ0) is 11.7. The van der Waals surface area contributed by atoms with E-state index in [9.17, 15) is 0 Å². The third-order valence-corrected chi connectivity index (χ3v) is 4.76. The zero-order valence-electron chi connectivity index (χ0n) is 9.98. The lowest BCUT2D eigenvalue weighted by Crippen LogP contribution is -2.21. The van der Waals surface area contributed by atoms with Crippen molar-refractivity contribution in [2.24, 2.45) is 5.73 Å². The molecule has 3 heteroatoms. The summed E-state index contributed by atoms with van der Waals surface area (Å²) in [5.74, 6) is 1.07. The molecule has 0 saturated carbocycles. The summed E-state index contributed by atoms with van der Waals surface area (Å²) >= 11 is 2.01. The topological polar surface area (TPSA) is 29.3 Å². The van der Waals surface area contributed by atoms with Crippen LogP contribution in [0.1, 0.15) is 31.2 Å². The number of anilines is 1. The molecule has 0 spiro atoms. The van der Waals surface area contributed by atoms with Crippen LogP contribution in [0.2, 0.25) is 0 Å². The molecule has 1 aromatic rings. The first-order valence-corrected chi connectivity index (χ1v) is 7.29. The molecule has 0 aromatic heterocycles. The molecule has 3 rings (SSSR count). The quantitative estimate of drug-likeness (QED) is 0.866. The maximum atomic E-state index is 5.84. The maximum Gasteiger partial charge on any atom is 0.0729 e. The monoisotopic (exact) mass is 246 g/mol. The fraction of sp³-hybridized carbons (Fsp3) is 0.429. The minimum atomic E-state index is 0.625. The number of hydrogen-bond donors (Lipinski definition) is 1. The van der Waals surface area contributed by atoms with Crippen molar-refractivity contribution in [3.05, 3.63) is 40.4 Å². The molecule has 1 heterocycles. The van der Waals surface area contributed by atoms with Gasteiger partial charge < -0.3 is 10.6 Å². The molecule has 90 valence electrons. The molecule has 0 fully saturated rings. The molecule has 0 atom stereocenters. The Labute approximate surface area is 107 Å². The molecule has 1 aromatic carbocycles. The Kier molecular flexibility index (Phi) is 3.12. The van der Waals surface area contributed by atoms with Crippen LogP contribution in [0.3, 0.4) is 0 Å². The van der Waals surface area contributed by atoms with E-state index >= 15 is 0 Å². The molecule has 1 aliphatic heterocycles. The normalized spacial score (nSPS) is 19.7. The Bertz CT molecular complexity index is 453. The maximum absolute atomic E-state index is 5.84. The van der Waals surface area contributed by atoms with Gasteiger partial charge in [-0.3, -0.25) is 0 Å². The molecule has 0 unspecified atom stereocenters. The number of rotatable bonds is 2. The summed E-state index contributed by atoms with van der Waals surface area (Å²) in [5.41, 5.74) is 9.97. The highest BCUT2D eigenvalue weighted by molar-refractivity contribution is 8.03. The average molecular weight is 246 g/mol. The van der Waals surface area contributed by atoms with E-state index in [1.165, 1.54) is 36.9 Å². The second-order valence-electron chi connectivity index (χ2n) is 4.61. The zero-order valence-corrected chi connectivity index (χ0v) is 10.8. The van der Waals surface area contributed by atoms with E-state index < -0.39 is 0 Å². The van der Waals surface area contributed by atoms with Crippen LogP contribution in [0, 0.1) is 0 Å². The van der Waals surface area contributed by atoms with Gasteiger partial charge in [0.25, 0.3) is 0 Å². The minimum Gasteiger partial charge on any atom is -0.334 e. The largest absolute Gasteiger partial charge is 0.334 e. The third-order valence-electron chi connectivity index (χ3n) is 3.59. The van der Waals surface area contributed by atoms with Crippen molar-refractivity contribution in [2.45, 2.75) is 32.2 Å². The van der Waals surface area contributed by atoms with Crippen LogP contribution >= 0.6 is 11.8 Å². The fourth-order valence-electron chi connectivity index (χ4n) is 2.68. The van der Waals surface area contributed by atoms with Crippen LogP contribution in [0.5, 0.6) is 0 Å². The smallest absolute Gasteiger partial charge is 0.0729 e. The third kappa shape index (κ3) is 1.98. The summed E-state index contributed by atoms with van der Waals surface area (Å²) in [7, 11) is 0. The van der Waals surface area contributed by atoms with Gasteiger partial charge in [0, 0.05) is 22.8 Å². The van der Waals surface area contributed by atoms with Gasteiger partial charge in [0.1, 0.15) is 0 Å². The Balaban J connectivity index is 1.97. The summed E-state index contributed by atoms with van der Waals surface area (Å²) in [6.45, 7) is 0.625. The lowest BCUT2D eigenvalue weighted by Gasteiger charge is -2.26. The second-order valence-corrected chi connectivity index (χ2v) is 5.65. The van der Waals surface area contributed by atoms with E-state index in [1.807, 2.05) is 11.8 Å². The molecular formula is C14H18N2S. The lowest BCUT2D eigenvalue weighted by atomic mass is 10.0. The Morgan fingerprint density at radius 3 is 2.88 bits per heavy atom. The highest BCUT2D eigenvalue weighted by Crippen LogP contribution is 2.43.